The lowest BCUT2D eigenvalue weighted by Gasteiger charge is -2.14. The normalized spacial score (nSPS) is 13.2. The highest BCUT2D eigenvalue weighted by atomic mass is 32.2. The predicted octanol–water partition coefficient (Wildman–Crippen LogP) is 2.17. The molecule has 108 valence electrons. The Bertz CT molecular complexity index is 468. The number of sulfone groups is 1. The third-order valence-electron chi connectivity index (χ3n) is 2.78. The van der Waals surface area contributed by atoms with Crippen LogP contribution in [0.15, 0.2) is 24.3 Å². The molecule has 0 aromatic heterocycles. The first-order valence-electron chi connectivity index (χ1n) is 6.56. The molecule has 0 aliphatic carbocycles. The van der Waals surface area contributed by atoms with Gasteiger partial charge >= 0.3 is 0 Å². The van der Waals surface area contributed by atoms with E-state index in [1.165, 1.54) is 6.26 Å². The Morgan fingerprint density at radius 1 is 1.26 bits per heavy atom. The maximum atomic E-state index is 11.0. The van der Waals surface area contributed by atoms with Crippen molar-refractivity contribution in [2.75, 3.05) is 25.2 Å². The zero-order valence-corrected chi connectivity index (χ0v) is 12.7. The molecule has 0 fully saturated rings. The monoisotopic (exact) mass is 285 g/mol. The molecule has 0 aliphatic heterocycles. The summed E-state index contributed by atoms with van der Waals surface area (Å²) < 4.78 is 27.6. The molecule has 1 unspecified atom stereocenters. The molecule has 1 aromatic rings. The lowest BCUT2D eigenvalue weighted by Crippen LogP contribution is -2.25. The van der Waals surface area contributed by atoms with Crippen molar-refractivity contribution in [1.82, 2.24) is 5.32 Å². The van der Waals surface area contributed by atoms with Gasteiger partial charge in [0.15, 0.2) is 0 Å². The van der Waals surface area contributed by atoms with Gasteiger partial charge in [-0.3, -0.25) is 0 Å². The third kappa shape index (κ3) is 6.59. The number of benzene rings is 1. The van der Waals surface area contributed by atoms with E-state index >= 15 is 0 Å². The first-order valence-corrected chi connectivity index (χ1v) is 8.62. The van der Waals surface area contributed by atoms with Crippen molar-refractivity contribution in [3.8, 4) is 5.75 Å². The van der Waals surface area contributed by atoms with Crippen LogP contribution in [0.1, 0.15) is 31.9 Å². The van der Waals surface area contributed by atoms with Crippen LogP contribution in [-0.2, 0) is 9.84 Å². The van der Waals surface area contributed by atoms with Gasteiger partial charge in [-0.15, -0.1) is 0 Å². The van der Waals surface area contributed by atoms with Gasteiger partial charge in [-0.25, -0.2) is 8.42 Å². The first-order chi connectivity index (χ1) is 8.92. The number of nitrogens with one attached hydrogen (secondary N) is 1. The van der Waals surface area contributed by atoms with Gasteiger partial charge < -0.3 is 10.1 Å². The summed E-state index contributed by atoms with van der Waals surface area (Å²) in [5, 5.41) is 3.20. The van der Waals surface area contributed by atoms with Gasteiger partial charge in [0.05, 0.1) is 12.4 Å². The lowest BCUT2D eigenvalue weighted by atomic mass is 10.1. The molecule has 1 N–H and O–H groups in total. The van der Waals surface area contributed by atoms with E-state index in [1.54, 1.807) is 0 Å². The maximum Gasteiger partial charge on any atom is 0.148 e. The van der Waals surface area contributed by atoms with Crippen molar-refractivity contribution in [2.45, 2.75) is 26.3 Å². The molecule has 0 bridgehead atoms. The predicted molar refractivity (Wildman–Crippen MR) is 78.4 cm³/mol. The van der Waals surface area contributed by atoms with Crippen molar-refractivity contribution < 1.29 is 13.2 Å². The second-order valence-electron chi connectivity index (χ2n) is 4.72. The molecule has 0 heterocycles. The molecule has 0 radical (unpaired) electrons. The minimum Gasteiger partial charge on any atom is -0.494 e. The van der Waals surface area contributed by atoms with Crippen LogP contribution in [0, 0.1) is 0 Å². The van der Waals surface area contributed by atoms with Gasteiger partial charge in [-0.1, -0.05) is 19.1 Å². The van der Waals surface area contributed by atoms with E-state index < -0.39 is 9.84 Å². The highest BCUT2D eigenvalue weighted by Gasteiger charge is 2.07. The standard InChI is InChI=1S/C14H23NO3S/c1-4-10-18-14-7-5-13(6-8-14)12(2)15-9-11-19(3,16)17/h5-8,12,15H,4,9-11H2,1-3H3. The van der Waals surface area contributed by atoms with Crippen LogP contribution >= 0.6 is 0 Å². The molecule has 0 aliphatic rings. The second-order valence-corrected chi connectivity index (χ2v) is 6.98. The average Bonchev–Trinajstić information content (AvgIpc) is 2.35. The largest absolute Gasteiger partial charge is 0.494 e. The number of hydrogen-bond acceptors (Lipinski definition) is 4. The molecule has 19 heavy (non-hydrogen) atoms. The Labute approximate surface area is 116 Å². The van der Waals surface area contributed by atoms with Crippen molar-refractivity contribution in [3.05, 3.63) is 29.8 Å². The Kier molecular flexibility index (Phi) is 6.31. The third-order valence-corrected chi connectivity index (χ3v) is 3.72. The molecule has 4 nitrogen and oxygen atoms in total. The SMILES string of the molecule is CCCOc1ccc(C(C)NCCS(C)(=O)=O)cc1. The first kappa shape index (κ1) is 16.0. The van der Waals surface area contributed by atoms with E-state index in [1.807, 2.05) is 31.2 Å². The summed E-state index contributed by atoms with van der Waals surface area (Å²) in [6.07, 6.45) is 2.24. The highest BCUT2D eigenvalue weighted by molar-refractivity contribution is 7.90. The van der Waals surface area contributed by atoms with Gasteiger partial charge in [0.2, 0.25) is 0 Å². The summed E-state index contributed by atoms with van der Waals surface area (Å²) in [6, 6.07) is 8.02. The highest BCUT2D eigenvalue weighted by Crippen LogP contribution is 2.17. The summed E-state index contributed by atoms with van der Waals surface area (Å²) in [6.45, 7) is 5.28. The zero-order chi connectivity index (χ0) is 14.3. The minimum atomic E-state index is -2.90. The van der Waals surface area contributed by atoms with E-state index in [-0.39, 0.29) is 11.8 Å². The van der Waals surface area contributed by atoms with E-state index in [0.717, 1.165) is 24.3 Å². The quantitative estimate of drug-likeness (QED) is 0.795. The van der Waals surface area contributed by atoms with Crippen molar-refractivity contribution in [3.63, 3.8) is 0 Å². The van der Waals surface area contributed by atoms with Crippen LogP contribution in [0.4, 0.5) is 0 Å². The van der Waals surface area contributed by atoms with E-state index in [9.17, 15) is 8.42 Å². The van der Waals surface area contributed by atoms with Crippen molar-refractivity contribution in [2.24, 2.45) is 0 Å². The number of hydrogen-bond donors (Lipinski definition) is 1. The Balaban J connectivity index is 2.46. The van der Waals surface area contributed by atoms with E-state index in [2.05, 4.69) is 12.2 Å². The van der Waals surface area contributed by atoms with Crippen LogP contribution in [-0.4, -0.2) is 33.6 Å². The van der Waals surface area contributed by atoms with Crippen LogP contribution in [0.3, 0.4) is 0 Å². The van der Waals surface area contributed by atoms with Gasteiger partial charge in [-0.05, 0) is 31.0 Å². The molecule has 1 atom stereocenters. The van der Waals surface area contributed by atoms with Crippen LogP contribution in [0.25, 0.3) is 0 Å². The van der Waals surface area contributed by atoms with E-state index in [0.29, 0.717) is 6.54 Å². The smallest absolute Gasteiger partial charge is 0.148 e. The lowest BCUT2D eigenvalue weighted by molar-refractivity contribution is 0.317. The fourth-order valence-electron chi connectivity index (χ4n) is 1.65. The fraction of sp³-hybridized carbons (Fsp3) is 0.571. The van der Waals surface area contributed by atoms with Crippen LogP contribution in [0.2, 0.25) is 0 Å². The van der Waals surface area contributed by atoms with Crippen molar-refractivity contribution >= 4 is 9.84 Å². The molecule has 1 aromatic carbocycles. The van der Waals surface area contributed by atoms with Gasteiger partial charge in [0, 0.05) is 18.8 Å². The average molecular weight is 285 g/mol. The minimum absolute atomic E-state index is 0.127. The number of ether oxygens (including phenoxy) is 1. The molecule has 0 amide bonds. The number of rotatable bonds is 8. The summed E-state index contributed by atoms with van der Waals surface area (Å²) in [7, 11) is -2.90. The molecule has 0 spiro atoms. The molecular weight excluding hydrogens is 262 g/mol. The molecule has 0 saturated carbocycles. The molecule has 1 rings (SSSR count). The second kappa shape index (κ2) is 7.50. The van der Waals surface area contributed by atoms with E-state index in [4.69, 9.17) is 4.74 Å². The van der Waals surface area contributed by atoms with Crippen LogP contribution in [0.5, 0.6) is 5.75 Å². The molecular formula is C14H23NO3S. The summed E-state index contributed by atoms with van der Waals surface area (Å²) in [5.74, 6) is 1.03. The summed E-state index contributed by atoms with van der Waals surface area (Å²) in [5.41, 5.74) is 1.12. The van der Waals surface area contributed by atoms with Gasteiger partial charge in [0.1, 0.15) is 15.6 Å². The van der Waals surface area contributed by atoms with Gasteiger partial charge in [-0.2, -0.15) is 0 Å². The Morgan fingerprint density at radius 2 is 1.89 bits per heavy atom. The zero-order valence-electron chi connectivity index (χ0n) is 11.8. The van der Waals surface area contributed by atoms with Crippen molar-refractivity contribution in [1.29, 1.82) is 0 Å². The molecule has 5 heteroatoms. The topological polar surface area (TPSA) is 55.4 Å². The van der Waals surface area contributed by atoms with Crippen LogP contribution < -0.4 is 10.1 Å². The summed E-state index contributed by atoms with van der Waals surface area (Å²) in [4.78, 5) is 0. The summed E-state index contributed by atoms with van der Waals surface area (Å²) >= 11 is 0. The maximum absolute atomic E-state index is 11.0. The molecule has 0 saturated heterocycles. The van der Waals surface area contributed by atoms with Gasteiger partial charge in [0.25, 0.3) is 0 Å². The Hall–Kier alpha value is -1.07. The fourth-order valence-corrected chi connectivity index (χ4v) is 2.14. The Morgan fingerprint density at radius 3 is 2.42 bits per heavy atom.